The maximum absolute atomic E-state index is 14.2. The molecule has 1 heterocycles. The molecule has 0 atom stereocenters. The standard InChI is InChI=1S/C13H13FN2OS2/c1-7-8(2)19-13(17)16(7)6-9-4-3-5-10(11(9)14)12(15)18/h3-5H,6H2,1-2H3,(H2,15,18). The summed E-state index contributed by atoms with van der Waals surface area (Å²) in [5.41, 5.74) is 6.95. The zero-order valence-corrected chi connectivity index (χ0v) is 12.2. The Kier molecular flexibility index (Phi) is 3.82. The van der Waals surface area contributed by atoms with E-state index in [0.717, 1.165) is 10.6 Å². The Labute approximate surface area is 119 Å². The number of thiocarbonyl (C=S) groups is 1. The van der Waals surface area contributed by atoms with Crippen LogP contribution in [0.15, 0.2) is 23.0 Å². The number of nitrogens with zero attached hydrogens (tertiary/aromatic N) is 1. The molecular formula is C13H13FN2OS2. The van der Waals surface area contributed by atoms with Crippen LogP contribution in [0.3, 0.4) is 0 Å². The van der Waals surface area contributed by atoms with Crippen LogP contribution in [-0.4, -0.2) is 9.56 Å². The Balaban J connectivity index is 2.47. The first-order valence-electron chi connectivity index (χ1n) is 5.66. The second-order valence-corrected chi connectivity index (χ2v) is 5.84. The molecule has 6 heteroatoms. The highest BCUT2D eigenvalue weighted by Gasteiger charge is 2.13. The Morgan fingerprint density at radius 1 is 1.47 bits per heavy atom. The van der Waals surface area contributed by atoms with Gasteiger partial charge in [-0.3, -0.25) is 9.36 Å². The number of rotatable bonds is 3. The van der Waals surface area contributed by atoms with Gasteiger partial charge in [0.15, 0.2) is 0 Å². The van der Waals surface area contributed by atoms with Crippen molar-refractivity contribution in [2.75, 3.05) is 0 Å². The minimum absolute atomic E-state index is 0.0184. The summed E-state index contributed by atoms with van der Waals surface area (Å²) in [6, 6.07) is 4.86. The number of nitrogens with two attached hydrogens (primary N) is 1. The van der Waals surface area contributed by atoms with Gasteiger partial charge in [-0.15, -0.1) is 0 Å². The summed E-state index contributed by atoms with van der Waals surface area (Å²) in [4.78, 5) is 12.7. The van der Waals surface area contributed by atoms with Gasteiger partial charge in [0.1, 0.15) is 10.8 Å². The molecule has 3 nitrogen and oxygen atoms in total. The van der Waals surface area contributed by atoms with Gasteiger partial charge in [0.25, 0.3) is 0 Å². The van der Waals surface area contributed by atoms with Gasteiger partial charge in [0.2, 0.25) is 0 Å². The van der Waals surface area contributed by atoms with Gasteiger partial charge in [-0.1, -0.05) is 35.7 Å². The first-order valence-corrected chi connectivity index (χ1v) is 6.88. The fourth-order valence-electron chi connectivity index (χ4n) is 1.83. The zero-order chi connectivity index (χ0) is 14.2. The molecule has 0 unspecified atom stereocenters. The number of aromatic nitrogens is 1. The lowest BCUT2D eigenvalue weighted by Crippen LogP contribution is -2.18. The third kappa shape index (κ3) is 2.59. The topological polar surface area (TPSA) is 48.0 Å². The van der Waals surface area contributed by atoms with E-state index in [9.17, 15) is 9.18 Å². The van der Waals surface area contributed by atoms with Crippen molar-refractivity contribution in [3.05, 3.63) is 55.4 Å². The van der Waals surface area contributed by atoms with Crippen molar-refractivity contribution in [3.8, 4) is 0 Å². The molecule has 2 aromatic rings. The molecule has 0 aliphatic heterocycles. The highest BCUT2D eigenvalue weighted by atomic mass is 32.1. The Bertz CT molecular complexity index is 703. The summed E-state index contributed by atoms with van der Waals surface area (Å²) in [5.74, 6) is -0.454. The molecule has 2 rings (SSSR count). The van der Waals surface area contributed by atoms with Gasteiger partial charge >= 0.3 is 4.87 Å². The van der Waals surface area contributed by atoms with Crippen molar-refractivity contribution >= 4 is 28.5 Å². The molecule has 19 heavy (non-hydrogen) atoms. The van der Waals surface area contributed by atoms with Crippen LogP contribution in [0, 0.1) is 19.7 Å². The lowest BCUT2D eigenvalue weighted by Gasteiger charge is -2.09. The van der Waals surface area contributed by atoms with Gasteiger partial charge < -0.3 is 5.73 Å². The predicted molar refractivity (Wildman–Crippen MR) is 79.4 cm³/mol. The SMILES string of the molecule is Cc1sc(=O)n(Cc2cccc(C(N)=S)c2F)c1C. The molecular weight excluding hydrogens is 283 g/mol. The van der Waals surface area contributed by atoms with Crippen molar-refractivity contribution in [1.29, 1.82) is 0 Å². The summed E-state index contributed by atoms with van der Waals surface area (Å²) in [6.07, 6.45) is 0. The molecule has 0 fully saturated rings. The van der Waals surface area contributed by atoms with Crippen LogP contribution >= 0.6 is 23.6 Å². The van der Waals surface area contributed by atoms with E-state index >= 15 is 0 Å². The van der Waals surface area contributed by atoms with E-state index < -0.39 is 5.82 Å². The number of thiazole rings is 1. The molecule has 2 N–H and O–H groups in total. The van der Waals surface area contributed by atoms with Gasteiger partial charge in [-0.25, -0.2) is 4.39 Å². The molecule has 0 bridgehead atoms. The van der Waals surface area contributed by atoms with Crippen molar-refractivity contribution in [2.24, 2.45) is 5.73 Å². The molecule has 100 valence electrons. The smallest absolute Gasteiger partial charge is 0.307 e. The zero-order valence-electron chi connectivity index (χ0n) is 10.6. The predicted octanol–water partition coefficient (Wildman–Crippen LogP) is 2.35. The molecule has 0 amide bonds. The van der Waals surface area contributed by atoms with Gasteiger partial charge in [-0.2, -0.15) is 0 Å². The lowest BCUT2D eigenvalue weighted by atomic mass is 10.1. The van der Waals surface area contributed by atoms with Crippen molar-refractivity contribution in [2.45, 2.75) is 20.4 Å². The lowest BCUT2D eigenvalue weighted by molar-refractivity contribution is 0.593. The van der Waals surface area contributed by atoms with Crippen LogP contribution in [0.2, 0.25) is 0 Å². The minimum Gasteiger partial charge on any atom is -0.389 e. The number of benzene rings is 1. The van der Waals surface area contributed by atoms with Crippen LogP contribution < -0.4 is 10.6 Å². The fourth-order valence-corrected chi connectivity index (χ4v) is 2.82. The van der Waals surface area contributed by atoms with E-state index in [1.165, 1.54) is 17.4 Å². The molecule has 0 saturated carbocycles. The second kappa shape index (κ2) is 5.22. The number of halogens is 1. The van der Waals surface area contributed by atoms with Crippen molar-refractivity contribution < 1.29 is 4.39 Å². The quantitative estimate of drug-likeness (QED) is 0.885. The average Bonchev–Trinajstić information content (AvgIpc) is 2.58. The van der Waals surface area contributed by atoms with Crippen molar-refractivity contribution in [3.63, 3.8) is 0 Å². The average molecular weight is 296 g/mol. The van der Waals surface area contributed by atoms with Crippen LogP contribution in [0.5, 0.6) is 0 Å². The summed E-state index contributed by atoms with van der Waals surface area (Å²) >= 11 is 5.97. The molecule has 0 radical (unpaired) electrons. The Hall–Kier alpha value is -1.53. The molecule has 0 saturated heterocycles. The van der Waals surface area contributed by atoms with E-state index in [1.54, 1.807) is 16.7 Å². The molecule has 0 aliphatic rings. The molecule has 0 aliphatic carbocycles. The van der Waals surface area contributed by atoms with E-state index in [0.29, 0.717) is 5.56 Å². The Morgan fingerprint density at radius 3 is 2.68 bits per heavy atom. The summed E-state index contributed by atoms with van der Waals surface area (Å²) < 4.78 is 15.8. The van der Waals surface area contributed by atoms with Gasteiger partial charge in [0.05, 0.1) is 6.54 Å². The molecule has 0 spiro atoms. The van der Waals surface area contributed by atoms with Crippen molar-refractivity contribution in [1.82, 2.24) is 4.57 Å². The fraction of sp³-hybridized carbons (Fsp3) is 0.231. The maximum atomic E-state index is 14.2. The van der Waals surface area contributed by atoms with Crippen LogP contribution in [0.4, 0.5) is 4.39 Å². The van der Waals surface area contributed by atoms with Crippen LogP contribution in [-0.2, 0) is 6.54 Å². The highest BCUT2D eigenvalue weighted by molar-refractivity contribution is 7.80. The summed E-state index contributed by atoms with van der Waals surface area (Å²) in [5, 5.41) is 0. The van der Waals surface area contributed by atoms with Crippen LogP contribution in [0.1, 0.15) is 21.7 Å². The first-order chi connectivity index (χ1) is 8.91. The highest BCUT2D eigenvalue weighted by Crippen LogP contribution is 2.16. The largest absolute Gasteiger partial charge is 0.389 e. The minimum atomic E-state index is -0.454. The number of hydrogen-bond donors (Lipinski definition) is 1. The molecule has 1 aromatic heterocycles. The maximum Gasteiger partial charge on any atom is 0.307 e. The first kappa shape index (κ1) is 13.9. The van der Waals surface area contributed by atoms with E-state index in [4.69, 9.17) is 18.0 Å². The van der Waals surface area contributed by atoms with Crippen LogP contribution in [0.25, 0.3) is 0 Å². The second-order valence-electron chi connectivity index (χ2n) is 4.24. The molecule has 1 aromatic carbocycles. The third-order valence-corrected chi connectivity index (χ3v) is 4.26. The van der Waals surface area contributed by atoms with Gasteiger partial charge in [0, 0.05) is 21.7 Å². The number of aryl methyl sites for hydroxylation is 1. The number of hydrogen-bond acceptors (Lipinski definition) is 3. The van der Waals surface area contributed by atoms with Gasteiger partial charge in [-0.05, 0) is 19.9 Å². The van der Waals surface area contributed by atoms with E-state index in [-0.39, 0.29) is 22.0 Å². The summed E-state index contributed by atoms with van der Waals surface area (Å²) in [7, 11) is 0. The monoisotopic (exact) mass is 296 g/mol. The normalized spacial score (nSPS) is 10.7. The van der Waals surface area contributed by atoms with E-state index in [1.807, 2.05) is 13.8 Å². The third-order valence-electron chi connectivity index (χ3n) is 3.05. The summed E-state index contributed by atoms with van der Waals surface area (Å²) in [6.45, 7) is 3.92. The van der Waals surface area contributed by atoms with E-state index in [2.05, 4.69) is 0 Å². The Morgan fingerprint density at radius 2 is 2.16 bits per heavy atom.